The summed E-state index contributed by atoms with van der Waals surface area (Å²) in [5.41, 5.74) is 3.82. The lowest BCUT2D eigenvalue weighted by Crippen LogP contribution is -2.43. The Morgan fingerprint density at radius 2 is 1.74 bits per heavy atom. The molecule has 0 spiro atoms. The number of para-hydroxylation sites is 2. The summed E-state index contributed by atoms with van der Waals surface area (Å²) in [4.78, 5) is 35.0. The van der Waals surface area contributed by atoms with Gasteiger partial charge in [-0.3, -0.25) is 9.59 Å². The number of fused-ring (bicyclic) bond motifs is 1. The molecule has 31 heavy (non-hydrogen) atoms. The minimum atomic E-state index is -0.217. The number of piperidine rings is 1. The number of aromatic nitrogens is 2. The summed E-state index contributed by atoms with van der Waals surface area (Å²) in [5.74, 6) is 1.07. The van der Waals surface area contributed by atoms with Crippen LogP contribution in [0.15, 0.2) is 48.5 Å². The van der Waals surface area contributed by atoms with E-state index in [1.54, 1.807) is 0 Å². The van der Waals surface area contributed by atoms with Crippen LogP contribution in [-0.4, -0.2) is 46.3 Å². The number of carbonyl (C=O) groups excluding carboxylic acids is 2. The van der Waals surface area contributed by atoms with E-state index in [4.69, 9.17) is 4.98 Å². The summed E-state index contributed by atoms with van der Waals surface area (Å²) in [7, 11) is 0. The molecule has 2 aromatic carbocycles. The van der Waals surface area contributed by atoms with Crippen LogP contribution in [-0.2, 0) is 10.2 Å². The van der Waals surface area contributed by atoms with Crippen molar-refractivity contribution in [3.8, 4) is 0 Å². The number of nitrogens with zero attached hydrogens (tertiary/aromatic N) is 2. The molecule has 2 amide bonds. The Morgan fingerprint density at radius 3 is 2.39 bits per heavy atom. The van der Waals surface area contributed by atoms with E-state index in [1.165, 1.54) is 5.56 Å². The Labute approximate surface area is 183 Å². The fourth-order valence-corrected chi connectivity index (χ4v) is 4.06. The van der Waals surface area contributed by atoms with Gasteiger partial charge in [0.15, 0.2) is 0 Å². The van der Waals surface area contributed by atoms with E-state index in [0.717, 1.165) is 29.7 Å². The summed E-state index contributed by atoms with van der Waals surface area (Å²) in [6, 6.07) is 15.6. The number of rotatable bonds is 4. The molecule has 3 aromatic rings. The molecule has 162 valence electrons. The second-order valence-corrected chi connectivity index (χ2v) is 9.30. The third-order valence-electron chi connectivity index (χ3n) is 6.06. The standard InChI is InChI=1S/C25H30N4O2/c1-25(2,3)19-10-8-18(9-11-19)24(31)26-16-22(30)29-14-12-17(13-15-29)23-27-20-6-4-5-7-21(20)28-23/h4-11,17H,12-16H2,1-3H3,(H,26,31)(H,27,28). The smallest absolute Gasteiger partial charge is 0.251 e. The highest BCUT2D eigenvalue weighted by Gasteiger charge is 2.26. The van der Waals surface area contributed by atoms with E-state index >= 15 is 0 Å². The van der Waals surface area contributed by atoms with Gasteiger partial charge in [0.05, 0.1) is 17.6 Å². The second kappa shape index (κ2) is 8.53. The predicted molar refractivity (Wildman–Crippen MR) is 122 cm³/mol. The summed E-state index contributed by atoms with van der Waals surface area (Å²) in [5, 5.41) is 2.77. The van der Waals surface area contributed by atoms with E-state index in [2.05, 4.69) is 31.1 Å². The molecule has 4 rings (SSSR count). The molecule has 0 unspecified atom stereocenters. The van der Waals surface area contributed by atoms with E-state index in [-0.39, 0.29) is 23.8 Å². The largest absolute Gasteiger partial charge is 0.343 e. The van der Waals surface area contributed by atoms with E-state index in [1.807, 2.05) is 53.4 Å². The van der Waals surface area contributed by atoms with Crippen molar-refractivity contribution in [3.63, 3.8) is 0 Å². The number of nitrogens with one attached hydrogen (secondary N) is 2. The first-order valence-corrected chi connectivity index (χ1v) is 10.9. The van der Waals surface area contributed by atoms with Gasteiger partial charge in [-0.05, 0) is 48.1 Å². The van der Waals surface area contributed by atoms with Crippen molar-refractivity contribution in [2.75, 3.05) is 19.6 Å². The molecule has 6 nitrogen and oxygen atoms in total. The van der Waals surface area contributed by atoms with Crippen molar-refractivity contribution in [1.29, 1.82) is 0 Å². The first-order chi connectivity index (χ1) is 14.8. The molecule has 6 heteroatoms. The van der Waals surface area contributed by atoms with Crippen LogP contribution in [0.4, 0.5) is 0 Å². The van der Waals surface area contributed by atoms with Crippen LogP contribution in [0.2, 0.25) is 0 Å². The van der Waals surface area contributed by atoms with Gasteiger partial charge in [-0.2, -0.15) is 0 Å². The number of imidazole rings is 1. The van der Waals surface area contributed by atoms with Gasteiger partial charge in [-0.25, -0.2) is 4.98 Å². The highest BCUT2D eigenvalue weighted by atomic mass is 16.2. The molecule has 2 heterocycles. The van der Waals surface area contributed by atoms with Crippen LogP contribution in [0.1, 0.15) is 61.3 Å². The van der Waals surface area contributed by atoms with Crippen LogP contribution in [0.3, 0.4) is 0 Å². The molecule has 1 aliphatic rings. The number of amides is 2. The van der Waals surface area contributed by atoms with Gasteiger partial charge in [-0.1, -0.05) is 45.0 Å². The molecule has 0 atom stereocenters. The van der Waals surface area contributed by atoms with E-state index < -0.39 is 0 Å². The maximum Gasteiger partial charge on any atom is 0.251 e. The summed E-state index contributed by atoms with van der Waals surface area (Å²) in [6.45, 7) is 7.79. The van der Waals surface area contributed by atoms with Gasteiger partial charge in [0.25, 0.3) is 5.91 Å². The van der Waals surface area contributed by atoms with Gasteiger partial charge in [0.1, 0.15) is 5.82 Å². The molecule has 1 saturated heterocycles. The zero-order valence-electron chi connectivity index (χ0n) is 18.4. The van der Waals surface area contributed by atoms with Gasteiger partial charge < -0.3 is 15.2 Å². The monoisotopic (exact) mass is 418 g/mol. The van der Waals surface area contributed by atoms with Crippen LogP contribution in [0, 0.1) is 0 Å². The van der Waals surface area contributed by atoms with Gasteiger partial charge in [-0.15, -0.1) is 0 Å². The van der Waals surface area contributed by atoms with Crippen LogP contribution in [0.25, 0.3) is 11.0 Å². The number of hydrogen-bond donors (Lipinski definition) is 2. The fourth-order valence-electron chi connectivity index (χ4n) is 4.06. The average molecular weight is 419 g/mol. The SMILES string of the molecule is CC(C)(C)c1ccc(C(=O)NCC(=O)N2CCC(c3nc4ccccc4[nH]3)CC2)cc1. The lowest BCUT2D eigenvalue weighted by Gasteiger charge is -2.31. The fraction of sp³-hybridized carbons (Fsp3) is 0.400. The Morgan fingerprint density at radius 1 is 1.06 bits per heavy atom. The third-order valence-corrected chi connectivity index (χ3v) is 6.06. The van der Waals surface area contributed by atoms with E-state index in [9.17, 15) is 9.59 Å². The molecule has 0 aliphatic carbocycles. The molecular weight excluding hydrogens is 388 g/mol. The zero-order chi connectivity index (χ0) is 22.0. The minimum absolute atomic E-state index is 0.0230. The molecular formula is C25H30N4O2. The summed E-state index contributed by atoms with van der Waals surface area (Å²) < 4.78 is 0. The topological polar surface area (TPSA) is 78.1 Å². The van der Waals surface area contributed by atoms with Crippen LogP contribution < -0.4 is 5.32 Å². The van der Waals surface area contributed by atoms with Crippen molar-refractivity contribution in [2.24, 2.45) is 0 Å². The minimum Gasteiger partial charge on any atom is -0.343 e. The highest BCUT2D eigenvalue weighted by molar-refractivity contribution is 5.96. The normalized spacial score (nSPS) is 15.3. The van der Waals surface area contributed by atoms with Crippen LogP contribution >= 0.6 is 0 Å². The van der Waals surface area contributed by atoms with E-state index in [0.29, 0.717) is 24.6 Å². The maximum absolute atomic E-state index is 12.6. The third kappa shape index (κ3) is 4.79. The lowest BCUT2D eigenvalue weighted by atomic mass is 9.87. The number of likely N-dealkylation sites (tertiary alicyclic amines) is 1. The quantitative estimate of drug-likeness (QED) is 0.672. The van der Waals surface area contributed by atoms with Crippen molar-refractivity contribution < 1.29 is 9.59 Å². The number of aromatic amines is 1. The Balaban J connectivity index is 1.27. The molecule has 0 bridgehead atoms. The molecule has 1 aromatic heterocycles. The number of carbonyl (C=O) groups is 2. The average Bonchev–Trinajstić information content (AvgIpc) is 3.21. The van der Waals surface area contributed by atoms with Crippen molar-refractivity contribution in [1.82, 2.24) is 20.2 Å². The van der Waals surface area contributed by atoms with Crippen molar-refractivity contribution >= 4 is 22.8 Å². The molecule has 0 saturated carbocycles. The van der Waals surface area contributed by atoms with Gasteiger partial charge in [0.2, 0.25) is 5.91 Å². The summed E-state index contributed by atoms with van der Waals surface area (Å²) >= 11 is 0. The molecule has 1 aliphatic heterocycles. The lowest BCUT2D eigenvalue weighted by molar-refractivity contribution is -0.131. The molecule has 1 fully saturated rings. The zero-order valence-corrected chi connectivity index (χ0v) is 18.4. The number of hydrogen-bond acceptors (Lipinski definition) is 3. The Bertz CT molecular complexity index is 1040. The maximum atomic E-state index is 12.6. The van der Waals surface area contributed by atoms with Crippen molar-refractivity contribution in [2.45, 2.75) is 44.9 Å². The predicted octanol–water partition coefficient (Wildman–Crippen LogP) is 4.00. The Hall–Kier alpha value is -3.15. The second-order valence-electron chi connectivity index (χ2n) is 9.30. The Kier molecular flexibility index (Phi) is 5.81. The number of H-pyrrole nitrogens is 1. The summed E-state index contributed by atoms with van der Waals surface area (Å²) in [6.07, 6.45) is 1.74. The van der Waals surface area contributed by atoms with Gasteiger partial charge >= 0.3 is 0 Å². The first-order valence-electron chi connectivity index (χ1n) is 10.9. The molecule has 0 radical (unpaired) electrons. The van der Waals surface area contributed by atoms with Crippen LogP contribution in [0.5, 0.6) is 0 Å². The highest BCUT2D eigenvalue weighted by Crippen LogP contribution is 2.27. The van der Waals surface area contributed by atoms with Crippen molar-refractivity contribution in [3.05, 3.63) is 65.5 Å². The number of benzene rings is 2. The van der Waals surface area contributed by atoms with Gasteiger partial charge in [0, 0.05) is 24.6 Å². The molecule has 2 N–H and O–H groups in total. The first kappa shape index (κ1) is 21.1.